The molecule has 0 N–H and O–H groups in total. The Kier molecular flexibility index (Phi) is 3.17. The number of halogens is 2. The zero-order valence-corrected chi connectivity index (χ0v) is 11.4. The first kappa shape index (κ1) is 12.5. The molecule has 3 rings (SSSR count). The van der Waals surface area contributed by atoms with E-state index < -0.39 is 0 Å². The standard InChI is InChI=1S/C14H10Cl2N2O/c15-11-8-17-13(16)7-10(11)14(19)18-6-5-9-3-1-2-4-12(9)18/h1-4,7-8H,5-6H2. The Morgan fingerprint density at radius 2 is 2.05 bits per heavy atom. The molecule has 1 aliphatic heterocycles. The first-order chi connectivity index (χ1) is 9.16. The number of carbonyl (C=O) groups is 1. The van der Waals surface area contributed by atoms with Crippen molar-refractivity contribution >= 4 is 34.8 Å². The Labute approximate surface area is 120 Å². The van der Waals surface area contributed by atoms with E-state index in [2.05, 4.69) is 4.98 Å². The molecule has 0 atom stereocenters. The van der Waals surface area contributed by atoms with Crippen LogP contribution in [0.3, 0.4) is 0 Å². The largest absolute Gasteiger partial charge is 0.308 e. The second-order valence-electron chi connectivity index (χ2n) is 4.32. The molecule has 0 bridgehead atoms. The molecule has 19 heavy (non-hydrogen) atoms. The molecule has 1 aromatic heterocycles. The summed E-state index contributed by atoms with van der Waals surface area (Å²) < 4.78 is 0. The zero-order valence-electron chi connectivity index (χ0n) is 9.94. The summed E-state index contributed by atoms with van der Waals surface area (Å²) in [5.74, 6) is -0.140. The maximum Gasteiger partial charge on any atom is 0.259 e. The fourth-order valence-corrected chi connectivity index (χ4v) is 2.61. The fourth-order valence-electron chi connectivity index (χ4n) is 2.27. The summed E-state index contributed by atoms with van der Waals surface area (Å²) >= 11 is 11.9. The van der Waals surface area contributed by atoms with Crippen LogP contribution in [0.5, 0.6) is 0 Å². The number of para-hydroxylation sites is 1. The molecule has 0 aliphatic carbocycles. The molecule has 2 heterocycles. The zero-order chi connectivity index (χ0) is 13.4. The van der Waals surface area contributed by atoms with Crippen LogP contribution in [-0.4, -0.2) is 17.4 Å². The topological polar surface area (TPSA) is 33.2 Å². The van der Waals surface area contributed by atoms with Crippen LogP contribution in [0.4, 0.5) is 5.69 Å². The highest BCUT2D eigenvalue weighted by Crippen LogP contribution is 2.30. The summed E-state index contributed by atoms with van der Waals surface area (Å²) in [6.45, 7) is 0.661. The summed E-state index contributed by atoms with van der Waals surface area (Å²) in [5, 5.41) is 0.582. The van der Waals surface area contributed by atoms with Gasteiger partial charge in [-0.15, -0.1) is 0 Å². The van der Waals surface area contributed by atoms with Gasteiger partial charge in [0, 0.05) is 18.4 Å². The number of fused-ring (bicyclic) bond motifs is 1. The number of amides is 1. The number of nitrogens with zero attached hydrogens (tertiary/aromatic N) is 2. The minimum atomic E-state index is -0.140. The first-order valence-corrected chi connectivity index (χ1v) is 6.63. The van der Waals surface area contributed by atoms with E-state index in [1.807, 2.05) is 24.3 Å². The van der Waals surface area contributed by atoms with Gasteiger partial charge in [0.2, 0.25) is 0 Å². The van der Waals surface area contributed by atoms with Crippen LogP contribution < -0.4 is 4.90 Å². The molecule has 0 unspecified atom stereocenters. The highest BCUT2D eigenvalue weighted by Gasteiger charge is 2.26. The van der Waals surface area contributed by atoms with E-state index in [1.165, 1.54) is 17.8 Å². The quantitative estimate of drug-likeness (QED) is 0.753. The van der Waals surface area contributed by atoms with Crippen molar-refractivity contribution in [1.29, 1.82) is 0 Å². The van der Waals surface area contributed by atoms with Gasteiger partial charge < -0.3 is 4.90 Å². The Bertz CT molecular complexity index is 658. The van der Waals surface area contributed by atoms with E-state index in [1.54, 1.807) is 4.90 Å². The maximum atomic E-state index is 12.5. The molecule has 3 nitrogen and oxygen atoms in total. The molecule has 0 radical (unpaired) electrons. The Balaban J connectivity index is 2.00. The molecular weight excluding hydrogens is 283 g/mol. The van der Waals surface area contributed by atoms with E-state index in [0.29, 0.717) is 17.1 Å². The number of carbonyl (C=O) groups excluding carboxylic acids is 1. The average Bonchev–Trinajstić information content (AvgIpc) is 2.84. The van der Waals surface area contributed by atoms with Crippen LogP contribution in [0.25, 0.3) is 0 Å². The molecule has 0 fully saturated rings. The summed E-state index contributed by atoms with van der Waals surface area (Å²) in [4.78, 5) is 18.1. The van der Waals surface area contributed by atoms with E-state index in [4.69, 9.17) is 23.2 Å². The summed E-state index contributed by atoms with van der Waals surface area (Å²) in [6.07, 6.45) is 2.26. The Morgan fingerprint density at radius 1 is 1.26 bits per heavy atom. The van der Waals surface area contributed by atoms with Crippen LogP contribution >= 0.6 is 23.2 Å². The smallest absolute Gasteiger partial charge is 0.259 e. The Morgan fingerprint density at radius 3 is 2.89 bits per heavy atom. The van der Waals surface area contributed by atoms with Gasteiger partial charge in [0.25, 0.3) is 5.91 Å². The third kappa shape index (κ3) is 2.20. The molecule has 0 saturated heterocycles. The lowest BCUT2D eigenvalue weighted by atomic mass is 10.2. The van der Waals surface area contributed by atoms with Crippen molar-refractivity contribution in [3.8, 4) is 0 Å². The maximum absolute atomic E-state index is 12.5. The molecule has 5 heteroatoms. The van der Waals surface area contributed by atoms with Crippen molar-refractivity contribution in [2.24, 2.45) is 0 Å². The van der Waals surface area contributed by atoms with Crippen molar-refractivity contribution in [1.82, 2.24) is 4.98 Å². The van der Waals surface area contributed by atoms with Crippen molar-refractivity contribution < 1.29 is 4.79 Å². The number of anilines is 1. The highest BCUT2D eigenvalue weighted by molar-refractivity contribution is 6.35. The third-order valence-corrected chi connectivity index (χ3v) is 3.69. The van der Waals surface area contributed by atoms with Crippen LogP contribution in [-0.2, 0) is 6.42 Å². The minimum absolute atomic E-state index is 0.140. The van der Waals surface area contributed by atoms with Gasteiger partial charge in [-0.05, 0) is 24.1 Å². The summed E-state index contributed by atoms with van der Waals surface area (Å²) in [5.41, 5.74) is 2.50. The molecule has 1 amide bonds. The van der Waals surface area contributed by atoms with Crippen molar-refractivity contribution in [2.45, 2.75) is 6.42 Å². The predicted octanol–water partition coefficient (Wildman–Crippen LogP) is 3.59. The molecule has 1 aromatic carbocycles. The van der Waals surface area contributed by atoms with Gasteiger partial charge >= 0.3 is 0 Å². The fraction of sp³-hybridized carbons (Fsp3) is 0.143. The second-order valence-corrected chi connectivity index (χ2v) is 5.12. The van der Waals surface area contributed by atoms with Crippen molar-refractivity contribution in [3.05, 3.63) is 57.8 Å². The van der Waals surface area contributed by atoms with Crippen LogP contribution in [0.1, 0.15) is 15.9 Å². The van der Waals surface area contributed by atoms with Gasteiger partial charge in [0.1, 0.15) is 5.15 Å². The van der Waals surface area contributed by atoms with Gasteiger partial charge in [0.15, 0.2) is 0 Å². The number of hydrogen-bond acceptors (Lipinski definition) is 2. The summed E-state index contributed by atoms with van der Waals surface area (Å²) in [6, 6.07) is 9.38. The van der Waals surface area contributed by atoms with E-state index in [-0.39, 0.29) is 11.1 Å². The Hall–Kier alpha value is -1.58. The van der Waals surface area contributed by atoms with Gasteiger partial charge in [0.05, 0.1) is 10.6 Å². The number of hydrogen-bond donors (Lipinski definition) is 0. The van der Waals surface area contributed by atoms with Gasteiger partial charge in [-0.3, -0.25) is 4.79 Å². The predicted molar refractivity (Wildman–Crippen MR) is 76.1 cm³/mol. The van der Waals surface area contributed by atoms with E-state index in [0.717, 1.165) is 12.1 Å². The van der Waals surface area contributed by atoms with Gasteiger partial charge in [-0.2, -0.15) is 0 Å². The lowest BCUT2D eigenvalue weighted by Gasteiger charge is -2.18. The number of benzene rings is 1. The molecule has 0 spiro atoms. The second kappa shape index (κ2) is 4.83. The van der Waals surface area contributed by atoms with Crippen molar-refractivity contribution in [3.63, 3.8) is 0 Å². The molecular formula is C14H10Cl2N2O. The van der Waals surface area contributed by atoms with Gasteiger partial charge in [-0.25, -0.2) is 4.98 Å². The number of aromatic nitrogens is 1. The van der Waals surface area contributed by atoms with Crippen LogP contribution in [0.15, 0.2) is 36.5 Å². The highest BCUT2D eigenvalue weighted by atomic mass is 35.5. The molecule has 0 saturated carbocycles. The monoisotopic (exact) mass is 292 g/mol. The van der Waals surface area contributed by atoms with E-state index >= 15 is 0 Å². The lowest BCUT2D eigenvalue weighted by molar-refractivity contribution is 0.0989. The van der Waals surface area contributed by atoms with E-state index in [9.17, 15) is 4.79 Å². The first-order valence-electron chi connectivity index (χ1n) is 5.87. The normalized spacial score (nSPS) is 13.5. The average molecular weight is 293 g/mol. The van der Waals surface area contributed by atoms with Crippen molar-refractivity contribution in [2.75, 3.05) is 11.4 Å². The third-order valence-electron chi connectivity index (χ3n) is 3.18. The minimum Gasteiger partial charge on any atom is -0.308 e. The number of pyridine rings is 1. The SMILES string of the molecule is O=C(c1cc(Cl)ncc1Cl)N1CCc2ccccc21. The molecule has 1 aliphatic rings. The van der Waals surface area contributed by atoms with Crippen LogP contribution in [0.2, 0.25) is 10.2 Å². The lowest BCUT2D eigenvalue weighted by Crippen LogP contribution is -2.29. The molecule has 2 aromatic rings. The summed E-state index contributed by atoms with van der Waals surface area (Å²) in [7, 11) is 0. The molecule has 96 valence electrons. The van der Waals surface area contributed by atoms with Crippen LogP contribution in [0, 0.1) is 0 Å². The number of rotatable bonds is 1. The van der Waals surface area contributed by atoms with Gasteiger partial charge in [-0.1, -0.05) is 41.4 Å².